The van der Waals surface area contributed by atoms with Gasteiger partial charge in [-0.25, -0.2) is 0 Å². The Bertz CT molecular complexity index is 405. The van der Waals surface area contributed by atoms with E-state index in [4.69, 9.17) is 0 Å². The number of nitrogens with one attached hydrogen (secondary N) is 1. The fourth-order valence-electron chi connectivity index (χ4n) is 3.13. The number of rotatable bonds is 7. The number of likely N-dealkylation sites (tertiary alicyclic amines) is 1. The predicted octanol–water partition coefficient (Wildman–Crippen LogP) is 2.05. The number of hydrogen-bond donors (Lipinski definition) is 1. The van der Waals surface area contributed by atoms with Crippen molar-refractivity contribution in [1.82, 2.24) is 20.0 Å². The van der Waals surface area contributed by atoms with Gasteiger partial charge in [0.15, 0.2) is 0 Å². The molecule has 0 saturated carbocycles. The standard InChI is InChI=1S/C16H30N4/c1-14-16(15(2)19(3)18-14)8-10-17-9-7-13-20-11-5-4-6-12-20/h17H,4-13H2,1-3H3. The van der Waals surface area contributed by atoms with Crippen molar-refractivity contribution in [2.24, 2.45) is 7.05 Å². The van der Waals surface area contributed by atoms with E-state index in [2.05, 4.69) is 29.2 Å². The highest BCUT2D eigenvalue weighted by atomic mass is 15.3. The minimum absolute atomic E-state index is 1.06. The maximum atomic E-state index is 4.47. The van der Waals surface area contributed by atoms with E-state index in [1.54, 1.807) is 0 Å². The van der Waals surface area contributed by atoms with Gasteiger partial charge in [0.2, 0.25) is 0 Å². The van der Waals surface area contributed by atoms with Gasteiger partial charge in [0.25, 0.3) is 0 Å². The minimum Gasteiger partial charge on any atom is -0.316 e. The third-order valence-corrected chi connectivity index (χ3v) is 4.49. The molecule has 1 fully saturated rings. The molecular weight excluding hydrogens is 248 g/mol. The van der Waals surface area contributed by atoms with Crippen LogP contribution >= 0.6 is 0 Å². The Balaban J connectivity index is 1.57. The quantitative estimate of drug-likeness (QED) is 0.775. The van der Waals surface area contributed by atoms with Crippen LogP contribution in [0.2, 0.25) is 0 Å². The van der Waals surface area contributed by atoms with E-state index in [0.717, 1.165) is 19.5 Å². The van der Waals surface area contributed by atoms with E-state index in [9.17, 15) is 0 Å². The van der Waals surface area contributed by atoms with Crippen molar-refractivity contribution >= 4 is 0 Å². The summed E-state index contributed by atoms with van der Waals surface area (Å²) >= 11 is 0. The lowest BCUT2D eigenvalue weighted by Gasteiger charge is -2.26. The summed E-state index contributed by atoms with van der Waals surface area (Å²) in [5, 5.41) is 8.04. The molecule has 1 saturated heterocycles. The summed E-state index contributed by atoms with van der Waals surface area (Å²) in [6, 6.07) is 0. The van der Waals surface area contributed by atoms with E-state index in [1.807, 2.05) is 11.7 Å². The van der Waals surface area contributed by atoms with Crippen molar-refractivity contribution in [1.29, 1.82) is 0 Å². The maximum absolute atomic E-state index is 4.47. The van der Waals surface area contributed by atoms with Gasteiger partial charge in [-0.1, -0.05) is 6.42 Å². The van der Waals surface area contributed by atoms with Crippen molar-refractivity contribution in [3.05, 3.63) is 17.0 Å². The van der Waals surface area contributed by atoms with Crippen LogP contribution in [0, 0.1) is 13.8 Å². The molecule has 1 aliphatic heterocycles. The minimum atomic E-state index is 1.06. The third kappa shape index (κ3) is 4.32. The lowest BCUT2D eigenvalue weighted by atomic mass is 10.1. The first-order valence-corrected chi connectivity index (χ1v) is 8.10. The molecule has 0 bridgehead atoms. The summed E-state index contributed by atoms with van der Waals surface area (Å²) in [6.07, 6.45) is 6.58. The summed E-state index contributed by atoms with van der Waals surface area (Å²) in [7, 11) is 2.03. The number of hydrogen-bond acceptors (Lipinski definition) is 3. The second-order valence-corrected chi connectivity index (χ2v) is 6.03. The number of nitrogens with zero attached hydrogens (tertiary/aromatic N) is 3. The molecule has 114 valence electrons. The number of piperidine rings is 1. The Morgan fingerprint density at radius 2 is 1.85 bits per heavy atom. The predicted molar refractivity (Wildman–Crippen MR) is 84.2 cm³/mol. The van der Waals surface area contributed by atoms with Crippen LogP contribution in [-0.4, -0.2) is 47.4 Å². The van der Waals surface area contributed by atoms with Gasteiger partial charge in [0.1, 0.15) is 0 Å². The molecule has 0 amide bonds. The second-order valence-electron chi connectivity index (χ2n) is 6.03. The highest BCUT2D eigenvalue weighted by Gasteiger charge is 2.10. The van der Waals surface area contributed by atoms with Gasteiger partial charge >= 0.3 is 0 Å². The summed E-state index contributed by atoms with van der Waals surface area (Å²) in [4.78, 5) is 2.61. The van der Waals surface area contributed by atoms with Gasteiger partial charge in [-0.05, 0) is 77.8 Å². The Morgan fingerprint density at radius 1 is 1.10 bits per heavy atom. The average molecular weight is 278 g/mol. The molecule has 0 radical (unpaired) electrons. The highest BCUT2D eigenvalue weighted by molar-refractivity contribution is 5.24. The Kier molecular flexibility index (Phi) is 6.05. The van der Waals surface area contributed by atoms with E-state index in [0.29, 0.717) is 0 Å². The third-order valence-electron chi connectivity index (χ3n) is 4.49. The average Bonchev–Trinajstić information content (AvgIpc) is 2.69. The van der Waals surface area contributed by atoms with Crippen LogP contribution in [0.5, 0.6) is 0 Å². The summed E-state index contributed by atoms with van der Waals surface area (Å²) < 4.78 is 1.99. The van der Waals surface area contributed by atoms with Crippen molar-refractivity contribution in [3.8, 4) is 0 Å². The first-order valence-electron chi connectivity index (χ1n) is 8.10. The molecular formula is C16H30N4. The smallest absolute Gasteiger partial charge is 0.0628 e. The molecule has 1 aliphatic rings. The molecule has 20 heavy (non-hydrogen) atoms. The largest absolute Gasteiger partial charge is 0.316 e. The van der Waals surface area contributed by atoms with Crippen LogP contribution in [0.4, 0.5) is 0 Å². The first kappa shape index (κ1) is 15.5. The van der Waals surface area contributed by atoms with Crippen molar-refractivity contribution in [3.63, 3.8) is 0 Å². The lowest BCUT2D eigenvalue weighted by Crippen LogP contribution is -2.32. The Labute approximate surface area is 123 Å². The zero-order valence-electron chi connectivity index (χ0n) is 13.4. The Hall–Kier alpha value is -0.870. The SMILES string of the molecule is Cc1nn(C)c(C)c1CCNCCCN1CCCCC1. The van der Waals surface area contributed by atoms with Gasteiger partial charge in [0, 0.05) is 12.7 Å². The van der Waals surface area contributed by atoms with Crippen molar-refractivity contribution in [2.75, 3.05) is 32.7 Å². The summed E-state index contributed by atoms with van der Waals surface area (Å²) in [5.41, 5.74) is 3.90. The van der Waals surface area contributed by atoms with E-state index in [1.165, 1.54) is 62.3 Å². The van der Waals surface area contributed by atoms with Gasteiger partial charge in [-0.2, -0.15) is 5.10 Å². The molecule has 0 aliphatic carbocycles. The summed E-state index contributed by atoms with van der Waals surface area (Å²) in [6.45, 7) is 10.4. The van der Waals surface area contributed by atoms with Gasteiger partial charge < -0.3 is 10.2 Å². The molecule has 0 unspecified atom stereocenters. The molecule has 2 heterocycles. The number of aryl methyl sites for hydroxylation is 2. The molecule has 0 spiro atoms. The van der Waals surface area contributed by atoms with E-state index >= 15 is 0 Å². The van der Waals surface area contributed by atoms with Crippen molar-refractivity contribution in [2.45, 2.75) is 46.0 Å². The van der Waals surface area contributed by atoms with Crippen LogP contribution in [0.25, 0.3) is 0 Å². The first-order chi connectivity index (χ1) is 9.68. The van der Waals surface area contributed by atoms with Crippen LogP contribution in [0.3, 0.4) is 0 Å². The fraction of sp³-hybridized carbons (Fsp3) is 0.812. The van der Waals surface area contributed by atoms with E-state index < -0.39 is 0 Å². The highest BCUT2D eigenvalue weighted by Crippen LogP contribution is 2.12. The lowest BCUT2D eigenvalue weighted by molar-refractivity contribution is 0.226. The maximum Gasteiger partial charge on any atom is 0.0628 e. The fourth-order valence-corrected chi connectivity index (χ4v) is 3.13. The molecule has 0 atom stereocenters. The topological polar surface area (TPSA) is 33.1 Å². The second kappa shape index (κ2) is 7.79. The van der Waals surface area contributed by atoms with Crippen molar-refractivity contribution < 1.29 is 0 Å². The van der Waals surface area contributed by atoms with Crippen LogP contribution in [-0.2, 0) is 13.5 Å². The molecule has 4 nitrogen and oxygen atoms in total. The molecule has 0 aromatic carbocycles. The van der Waals surface area contributed by atoms with Gasteiger partial charge in [0.05, 0.1) is 5.69 Å². The van der Waals surface area contributed by atoms with Crippen LogP contribution in [0.1, 0.15) is 42.6 Å². The molecule has 1 N–H and O–H groups in total. The summed E-state index contributed by atoms with van der Waals surface area (Å²) in [5.74, 6) is 0. The molecule has 4 heteroatoms. The zero-order valence-corrected chi connectivity index (χ0v) is 13.4. The molecule has 1 aromatic rings. The molecule has 2 rings (SSSR count). The van der Waals surface area contributed by atoms with Crippen LogP contribution in [0.15, 0.2) is 0 Å². The van der Waals surface area contributed by atoms with Crippen LogP contribution < -0.4 is 5.32 Å². The molecule has 1 aromatic heterocycles. The van der Waals surface area contributed by atoms with Gasteiger partial charge in [-0.3, -0.25) is 4.68 Å². The Morgan fingerprint density at radius 3 is 2.50 bits per heavy atom. The normalized spacial score (nSPS) is 16.8. The van der Waals surface area contributed by atoms with E-state index in [-0.39, 0.29) is 0 Å². The van der Waals surface area contributed by atoms with Gasteiger partial charge in [-0.15, -0.1) is 0 Å². The zero-order chi connectivity index (χ0) is 14.4. The monoisotopic (exact) mass is 278 g/mol. The number of aromatic nitrogens is 2.